The van der Waals surface area contributed by atoms with Crippen LogP contribution in [0.1, 0.15) is 16.0 Å². The molecule has 0 bridgehead atoms. The van der Waals surface area contributed by atoms with Crippen LogP contribution in [0.4, 0.5) is 5.82 Å². The minimum Gasteiger partial charge on any atom is -0.368 e. The van der Waals surface area contributed by atoms with E-state index in [1.807, 2.05) is 0 Å². The largest absolute Gasteiger partial charge is 0.368 e. The van der Waals surface area contributed by atoms with E-state index in [2.05, 4.69) is 54.3 Å². The normalized spacial score (nSPS) is 11.1. The first-order valence-corrected chi connectivity index (χ1v) is 8.19. The molecular weight excluding hydrogens is 292 g/mol. The topological polar surface area (TPSA) is 63.8 Å². The monoisotopic (exact) mass is 312 g/mol. The van der Waals surface area contributed by atoms with Gasteiger partial charge in [0.05, 0.1) is 5.39 Å². The maximum absolute atomic E-state index is 5.61. The fraction of sp³-hybridized carbons (Fsp3) is 0.294. The molecule has 0 atom stereocenters. The van der Waals surface area contributed by atoms with Crippen molar-refractivity contribution in [3.05, 3.63) is 40.5 Å². The summed E-state index contributed by atoms with van der Waals surface area (Å²) in [5, 5.41) is 4.42. The van der Waals surface area contributed by atoms with Crippen molar-refractivity contribution < 1.29 is 0 Å². The predicted octanol–water partition coefficient (Wildman–Crippen LogP) is 3.65. The van der Waals surface area contributed by atoms with Crippen molar-refractivity contribution in [1.29, 1.82) is 0 Å². The lowest BCUT2D eigenvalue weighted by Gasteiger charge is -2.09. The molecule has 0 saturated heterocycles. The van der Waals surface area contributed by atoms with Crippen LogP contribution in [-0.2, 0) is 0 Å². The van der Waals surface area contributed by atoms with Gasteiger partial charge in [-0.05, 0) is 37.5 Å². The second kappa shape index (κ2) is 6.02. The van der Waals surface area contributed by atoms with Crippen molar-refractivity contribution in [2.24, 2.45) is 5.73 Å². The number of thiophene rings is 1. The van der Waals surface area contributed by atoms with Gasteiger partial charge in [-0.2, -0.15) is 0 Å². The first kappa shape index (κ1) is 14.9. The summed E-state index contributed by atoms with van der Waals surface area (Å²) in [6, 6.07) is 6.59. The van der Waals surface area contributed by atoms with Crippen LogP contribution in [0.2, 0.25) is 0 Å². The number of aryl methyl sites for hydroxylation is 3. The number of aromatic nitrogens is 2. The summed E-state index contributed by atoms with van der Waals surface area (Å²) in [7, 11) is 0. The highest BCUT2D eigenvalue weighted by molar-refractivity contribution is 7.19. The number of fused-ring (bicyclic) bond motifs is 1. The molecule has 1 aromatic carbocycles. The van der Waals surface area contributed by atoms with E-state index in [4.69, 9.17) is 5.73 Å². The maximum atomic E-state index is 5.61. The van der Waals surface area contributed by atoms with E-state index in [1.54, 1.807) is 17.7 Å². The van der Waals surface area contributed by atoms with Gasteiger partial charge in [0.1, 0.15) is 17.0 Å². The highest BCUT2D eigenvalue weighted by Crippen LogP contribution is 2.40. The van der Waals surface area contributed by atoms with Gasteiger partial charge >= 0.3 is 0 Å². The molecule has 5 heteroatoms. The van der Waals surface area contributed by atoms with E-state index in [0.29, 0.717) is 13.1 Å². The van der Waals surface area contributed by atoms with E-state index in [1.165, 1.54) is 27.1 Å². The lowest BCUT2D eigenvalue weighted by Crippen LogP contribution is -2.14. The van der Waals surface area contributed by atoms with Gasteiger partial charge in [-0.15, -0.1) is 11.3 Å². The Morgan fingerprint density at radius 3 is 2.68 bits per heavy atom. The summed E-state index contributed by atoms with van der Waals surface area (Å²) < 4.78 is 0. The lowest BCUT2D eigenvalue weighted by molar-refractivity contribution is 1.01. The Labute approximate surface area is 134 Å². The molecule has 4 nitrogen and oxygen atoms in total. The lowest BCUT2D eigenvalue weighted by atomic mass is 9.99. The first-order chi connectivity index (χ1) is 10.6. The quantitative estimate of drug-likeness (QED) is 0.772. The molecule has 0 aliphatic rings. The van der Waals surface area contributed by atoms with Crippen LogP contribution in [-0.4, -0.2) is 23.1 Å². The van der Waals surface area contributed by atoms with Gasteiger partial charge in [-0.1, -0.05) is 18.2 Å². The maximum Gasteiger partial charge on any atom is 0.138 e. The Kier molecular flexibility index (Phi) is 4.09. The Bertz CT molecular complexity index is 823. The Morgan fingerprint density at radius 2 is 1.95 bits per heavy atom. The summed E-state index contributed by atoms with van der Waals surface area (Å²) >= 11 is 1.71. The summed E-state index contributed by atoms with van der Waals surface area (Å²) in [5.74, 6) is 0.869. The number of benzene rings is 1. The number of anilines is 1. The molecule has 22 heavy (non-hydrogen) atoms. The molecule has 2 heterocycles. The van der Waals surface area contributed by atoms with Crippen molar-refractivity contribution in [2.45, 2.75) is 20.8 Å². The standard InChI is InChI=1S/C17H20N4S/c1-10-4-5-13(8-11(10)2)14-12(3)22-17-15(14)16(19-7-6-18)20-9-21-17/h4-5,8-9H,6-7,18H2,1-3H3,(H,19,20,21). The smallest absolute Gasteiger partial charge is 0.138 e. The van der Waals surface area contributed by atoms with Crippen molar-refractivity contribution in [3.63, 3.8) is 0 Å². The van der Waals surface area contributed by atoms with Crippen LogP contribution in [0.3, 0.4) is 0 Å². The first-order valence-electron chi connectivity index (χ1n) is 7.37. The Hall–Kier alpha value is -1.98. The molecule has 0 aliphatic heterocycles. The number of nitrogens with two attached hydrogens (primary N) is 1. The highest BCUT2D eigenvalue weighted by atomic mass is 32.1. The molecule has 3 rings (SSSR count). The van der Waals surface area contributed by atoms with E-state index >= 15 is 0 Å². The summed E-state index contributed by atoms with van der Waals surface area (Å²) in [4.78, 5) is 11.1. The number of hydrogen-bond acceptors (Lipinski definition) is 5. The van der Waals surface area contributed by atoms with Gasteiger partial charge in [0.2, 0.25) is 0 Å². The van der Waals surface area contributed by atoms with Crippen LogP contribution in [0.15, 0.2) is 24.5 Å². The van der Waals surface area contributed by atoms with E-state index < -0.39 is 0 Å². The third-order valence-corrected chi connectivity index (χ3v) is 4.91. The molecular formula is C17H20N4S. The van der Waals surface area contributed by atoms with Crippen molar-refractivity contribution in [2.75, 3.05) is 18.4 Å². The Morgan fingerprint density at radius 1 is 1.14 bits per heavy atom. The van der Waals surface area contributed by atoms with Gasteiger partial charge in [-0.25, -0.2) is 9.97 Å². The molecule has 0 amide bonds. The second-order valence-electron chi connectivity index (χ2n) is 5.45. The third-order valence-electron chi connectivity index (χ3n) is 3.90. The predicted molar refractivity (Wildman–Crippen MR) is 94.6 cm³/mol. The zero-order valence-electron chi connectivity index (χ0n) is 13.1. The summed E-state index contributed by atoms with van der Waals surface area (Å²) in [6.07, 6.45) is 1.61. The van der Waals surface area contributed by atoms with Crippen molar-refractivity contribution in [1.82, 2.24) is 9.97 Å². The molecule has 0 fully saturated rings. The fourth-order valence-electron chi connectivity index (χ4n) is 2.61. The SMILES string of the molecule is Cc1ccc(-c2c(C)sc3ncnc(NCCN)c23)cc1C. The highest BCUT2D eigenvalue weighted by Gasteiger charge is 2.16. The molecule has 0 unspecified atom stereocenters. The van der Waals surface area contributed by atoms with Crippen molar-refractivity contribution in [3.8, 4) is 11.1 Å². The average Bonchev–Trinajstić information content (AvgIpc) is 2.84. The second-order valence-corrected chi connectivity index (χ2v) is 6.65. The minimum atomic E-state index is 0.577. The van der Waals surface area contributed by atoms with E-state index in [-0.39, 0.29) is 0 Å². The molecule has 2 aromatic heterocycles. The van der Waals surface area contributed by atoms with Gasteiger partial charge in [0.25, 0.3) is 0 Å². The molecule has 0 radical (unpaired) electrons. The van der Waals surface area contributed by atoms with Crippen LogP contribution in [0.25, 0.3) is 21.3 Å². The number of nitrogens with zero attached hydrogens (tertiary/aromatic N) is 2. The number of nitrogens with one attached hydrogen (secondary N) is 1. The van der Waals surface area contributed by atoms with Crippen LogP contribution < -0.4 is 11.1 Å². The summed E-state index contributed by atoms with van der Waals surface area (Å²) in [6.45, 7) is 7.70. The zero-order chi connectivity index (χ0) is 15.7. The summed E-state index contributed by atoms with van der Waals surface area (Å²) in [5.41, 5.74) is 10.7. The van der Waals surface area contributed by atoms with Gasteiger partial charge in [0.15, 0.2) is 0 Å². The molecule has 0 aliphatic carbocycles. The Balaban J connectivity index is 2.23. The molecule has 0 spiro atoms. The molecule has 0 saturated carbocycles. The van der Waals surface area contributed by atoms with Gasteiger partial charge in [0, 0.05) is 23.5 Å². The minimum absolute atomic E-state index is 0.577. The molecule has 3 N–H and O–H groups in total. The van der Waals surface area contributed by atoms with Crippen LogP contribution in [0.5, 0.6) is 0 Å². The van der Waals surface area contributed by atoms with Gasteiger partial charge < -0.3 is 11.1 Å². The average molecular weight is 312 g/mol. The molecule has 3 aromatic rings. The third kappa shape index (κ3) is 2.58. The molecule has 114 valence electrons. The van der Waals surface area contributed by atoms with Crippen LogP contribution >= 0.6 is 11.3 Å². The van der Waals surface area contributed by atoms with E-state index in [9.17, 15) is 0 Å². The zero-order valence-corrected chi connectivity index (χ0v) is 13.9. The number of rotatable bonds is 4. The number of hydrogen-bond donors (Lipinski definition) is 2. The van der Waals surface area contributed by atoms with Crippen LogP contribution in [0, 0.1) is 20.8 Å². The van der Waals surface area contributed by atoms with Gasteiger partial charge in [-0.3, -0.25) is 0 Å². The van der Waals surface area contributed by atoms with Crippen molar-refractivity contribution >= 4 is 27.4 Å². The van der Waals surface area contributed by atoms with E-state index in [0.717, 1.165) is 16.0 Å². The fourth-order valence-corrected chi connectivity index (χ4v) is 3.63.